The Morgan fingerprint density at radius 1 is 1.00 bits per heavy atom. The summed E-state index contributed by atoms with van der Waals surface area (Å²) in [6.45, 7) is 3.70. The van der Waals surface area contributed by atoms with Gasteiger partial charge in [0, 0.05) is 5.56 Å². The summed E-state index contributed by atoms with van der Waals surface area (Å²) in [7, 11) is 0. The quantitative estimate of drug-likeness (QED) is 0.524. The van der Waals surface area contributed by atoms with Crippen LogP contribution in [0.2, 0.25) is 5.15 Å². The molecule has 0 unspecified atom stereocenters. The molecule has 0 aliphatic heterocycles. The van der Waals surface area contributed by atoms with Gasteiger partial charge >= 0.3 is 0 Å². The maximum absolute atomic E-state index is 6.05. The Labute approximate surface area is 106 Å². The summed E-state index contributed by atoms with van der Waals surface area (Å²) in [6.07, 6.45) is 0. The Morgan fingerprint density at radius 3 is 2.35 bits per heavy atom. The molecule has 2 rings (SSSR count). The summed E-state index contributed by atoms with van der Waals surface area (Å²) in [6, 6.07) is 9.75. The molecule has 0 aliphatic carbocycles. The summed E-state index contributed by atoms with van der Waals surface area (Å²) in [5, 5.41) is 0.415. The molecule has 0 spiro atoms. The van der Waals surface area contributed by atoms with Crippen LogP contribution in [0, 0.1) is 25.7 Å². The highest BCUT2D eigenvalue weighted by molar-refractivity contribution is 6.30. The lowest BCUT2D eigenvalue weighted by Gasteiger charge is -2.00. The van der Waals surface area contributed by atoms with Gasteiger partial charge in [0.2, 0.25) is 0 Å². The smallest absolute Gasteiger partial charge is 0.148 e. The second-order valence-corrected chi connectivity index (χ2v) is 4.00. The summed E-state index contributed by atoms with van der Waals surface area (Å²) >= 11 is 6.05. The first-order chi connectivity index (χ1) is 8.16. The zero-order chi connectivity index (χ0) is 12.3. The molecule has 1 aromatic carbocycles. The van der Waals surface area contributed by atoms with Crippen molar-refractivity contribution in [3.63, 3.8) is 0 Å². The molecule has 0 fully saturated rings. The minimum atomic E-state index is 0.415. The van der Waals surface area contributed by atoms with E-state index >= 15 is 0 Å². The summed E-state index contributed by atoms with van der Waals surface area (Å²) in [5.41, 5.74) is 2.45. The summed E-state index contributed by atoms with van der Waals surface area (Å²) in [5.74, 6) is 6.73. The van der Waals surface area contributed by atoms with Gasteiger partial charge in [-0.15, -0.1) is 0 Å². The maximum atomic E-state index is 6.05. The standard InChI is InChI=1S/C14H11ClN2/c1-10-13(14(15)17-11(2)16-10)9-8-12-6-4-3-5-7-12/h3-7H,1-2H3. The fraction of sp³-hybridized carbons (Fsp3) is 0.143. The number of aryl methyl sites for hydroxylation is 2. The number of benzene rings is 1. The largest absolute Gasteiger partial charge is 0.237 e. The van der Waals surface area contributed by atoms with Crippen molar-refractivity contribution in [2.75, 3.05) is 0 Å². The van der Waals surface area contributed by atoms with Gasteiger partial charge in [0.05, 0.1) is 11.3 Å². The van der Waals surface area contributed by atoms with Gasteiger partial charge in [-0.2, -0.15) is 0 Å². The van der Waals surface area contributed by atoms with Crippen LogP contribution in [0.1, 0.15) is 22.6 Å². The molecule has 0 amide bonds. The van der Waals surface area contributed by atoms with Crippen molar-refractivity contribution in [3.8, 4) is 11.8 Å². The second kappa shape index (κ2) is 4.99. The van der Waals surface area contributed by atoms with Crippen LogP contribution in [0.4, 0.5) is 0 Å². The average molecular weight is 243 g/mol. The Morgan fingerprint density at radius 2 is 1.71 bits per heavy atom. The molecule has 17 heavy (non-hydrogen) atoms. The Kier molecular flexibility index (Phi) is 3.41. The van der Waals surface area contributed by atoms with Crippen molar-refractivity contribution < 1.29 is 0 Å². The zero-order valence-corrected chi connectivity index (χ0v) is 10.4. The molecular formula is C14H11ClN2. The Balaban J connectivity index is 2.41. The van der Waals surface area contributed by atoms with Gasteiger partial charge in [0.1, 0.15) is 11.0 Å². The van der Waals surface area contributed by atoms with E-state index in [4.69, 9.17) is 11.6 Å². The molecule has 84 valence electrons. The third kappa shape index (κ3) is 2.83. The van der Waals surface area contributed by atoms with Crippen LogP contribution in [0.25, 0.3) is 0 Å². The molecule has 2 aromatic rings. The normalized spacial score (nSPS) is 9.59. The number of hydrogen-bond donors (Lipinski definition) is 0. The number of aromatic nitrogens is 2. The molecule has 0 bridgehead atoms. The molecule has 0 aliphatic rings. The number of rotatable bonds is 0. The van der Waals surface area contributed by atoms with Gasteiger partial charge in [-0.25, -0.2) is 9.97 Å². The van der Waals surface area contributed by atoms with Crippen LogP contribution >= 0.6 is 11.6 Å². The first-order valence-electron chi connectivity index (χ1n) is 5.24. The van der Waals surface area contributed by atoms with E-state index in [0.29, 0.717) is 16.5 Å². The predicted molar refractivity (Wildman–Crippen MR) is 68.9 cm³/mol. The lowest BCUT2D eigenvalue weighted by Crippen LogP contribution is -1.96. The predicted octanol–water partition coefficient (Wildman–Crippen LogP) is 3.15. The maximum Gasteiger partial charge on any atom is 0.148 e. The van der Waals surface area contributed by atoms with E-state index in [1.807, 2.05) is 44.2 Å². The van der Waals surface area contributed by atoms with Gasteiger partial charge in [-0.1, -0.05) is 41.6 Å². The van der Waals surface area contributed by atoms with Gasteiger partial charge in [0.25, 0.3) is 0 Å². The van der Waals surface area contributed by atoms with Crippen molar-refractivity contribution in [1.29, 1.82) is 0 Å². The number of hydrogen-bond acceptors (Lipinski definition) is 2. The topological polar surface area (TPSA) is 25.8 Å². The average Bonchev–Trinajstić information content (AvgIpc) is 2.29. The van der Waals surface area contributed by atoms with E-state index in [2.05, 4.69) is 21.8 Å². The molecule has 0 N–H and O–H groups in total. The minimum Gasteiger partial charge on any atom is -0.237 e. The third-order valence-corrected chi connectivity index (χ3v) is 2.54. The Hall–Kier alpha value is -1.85. The van der Waals surface area contributed by atoms with Crippen LogP contribution in [-0.4, -0.2) is 9.97 Å². The van der Waals surface area contributed by atoms with Crippen molar-refractivity contribution in [3.05, 3.63) is 58.1 Å². The van der Waals surface area contributed by atoms with Crippen LogP contribution in [0.15, 0.2) is 30.3 Å². The molecule has 3 heteroatoms. The summed E-state index contributed by atoms with van der Waals surface area (Å²) in [4.78, 5) is 8.35. The molecular weight excluding hydrogens is 232 g/mol. The monoisotopic (exact) mass is 242 g/mol. The first kappa shape index (κ1) is 11.6. The zero-order valence-electron chi connectivity index (χ0n) is 9.66. The number of halogens is 1. The van der Waals surface area contributed by atoms with Crippen LogP contribution in [-0.2, 0) is 0 Å². The van der Waals surface area contributed by atoms with Crippen LogP contribution in [0.3, 0.4) is 0 Å². The lowest BCUT2D eigenvalue weighted by molar-refractivity contribution is 1.00. The first-order valence-corrected chi connectivity index (χ1v) is 5.62. The lowest BCUT2D eigenvalue weighted by atomic mass is 10.2. The molecule has 2 nitrogen and oxygen atoms in total. The summed E-state index contributed by atoms with van der Waals surface area (Å²) < 4.78 is 0. The highest BCUT2D eigenvalue weighted by Crippen LogP contribution is 2.14. The van der Waals surface area contributed by atoms with E-state index in [1.54, 1.807) is 0 Å². The minimum absolute atomic E-state index is 0.415. The van der Waals surface area contributed by atoms with Gasteiger partial charge in [-0.05, 0) is 26.0 Å². The highest BCUT2D eigenvalue weighted by atomic mass is 35.5. The van der Waals surface area contributed by atoms with Crippen molar-refractivity contribution in [2.24, 2.45) is 0 Å². The van der Waals surface area contributed by atoms with E-state index in [-0.39, 0.29) is 0 Å². The second-order valence-electron chi connectivity index (χ2n) is 3.64. The van der Waals surface area contributed by atoms with Crippen molar-refractivity contribution in [2.45, 2.75) is 13.8 Å². The molecule has 1 aromatic heterocycles. The number of nitrogens with zero attached hydrogens (tertiary/aromatic N) is 2. The van der Waals surface area contributed by atoms with Gasteiger partial charge in [-0.3, -0.25) is 0 Å². The van der Waals surface area contributed by atoms with E-state index in [9.17, 15) is 0 Å². The fourth-order valence-electron chi connectivity index (χ4n) is 1.47. The van der Waals surface area contributed by atoms with Gasteiger partial charge in [0.15, 0.2) is 0 Å². The molecule has 0 radical (unpaired) electrons. The SMILES string of the molecule is Cc1nc(C)c(C#Cc2ccccc2)c(Cl)n1. The van der Waals surface area contributed by atoms with Crippen LogP contribution in [0.5, 0.6) is 0 Å². The third-order valence-electron chi connectivity index (χ3n) is 2.26. The van der Waals surface area contributed by atoms with Crippen molar-refractivity contribution in [1.82, 2.24) is 9.97 Å². The van der Waals surface area contributed by atoms with Gasteiger partial charge < -0.3 is 0 Å². The van der Waals surface area contributed by atoms with E-state index in [0.717, 1.165) is 11.3 Å². The Bertz CT molecular complexity index is 572. The molecule has 0 saturated carbocycles. The van der Waals surface area contributed by atoms with E-state index < -0.39 is 0 Å². The molecule has 0 saturated heterocycles. The highest BCUT2D eigenvalue weighted by Gasteiger charge is 2.04. The van der Waals surface area contributed by atoms with E-state index in [1.165, 1.54) is 0 Å². The fourth-order valence-corrected chi connectivity index (χ4v) is 1.78. The molecule has 1 heterocycles. The molecule has 0 atom stereocenters. The van der Waals surface area contributed by atoms with Crippen molar-refractivity contribution >= 4 is 11.6 Å². The van der Waals surface area contributed by atoms with Crippen LogP contribution < -0.4 is 0 Å².